The summed E-state index contributed by atoms with van der Waals surface area (Å²) in [5.74, 6) is -1.66. The number of carbonyl (C=O) groups is 3. The van der Waals surface area contributed by atoms with Crippen molar-refractivity contribution in [3.63, 3.8) is 0 Å². The molecule has 0 aromatic heterocycles. The molecule has 23 heavy (non-hydrogen) atoms. The molecule has 122 valence electrons. The van der Waals surface area contributed by atoms with Crippen LogP contribution < -0.4 is 5.32 Å². The number of nitro groups is 1. The molecule has 9 nitrogen and oxygen atoms in total. The Bertz CT molecular complexity index is 658. The fraction of sp³-hybridized carbons (Fsp3) is 0.308. The molecule has 0 atom stereocenters. The molecule has 2 rings (SSSR count). The first-order valence-corrected chi connectivity index (χ1v) is 7.03. The lowest BCUT2D eigenvalue weighted by Crippen LogP contribution is -2.51. The van der Waals surface area contributed by atoms with Crippen LogP contribution in [0.3, 0.4) is 0 Å². The lowest BCUT2D eigenvalue weighted by Gasteiger charge is -2.31. The van der Waals surface area contributed by atoms with E-state index in [9.17, 15) is 24.5 Å². The summed E-state index contributed by atoms with van der Waals surface area (Å²) < 4.78 is 0. The molecule has 10 heteroatoms. The average Bonchev–Trinajstić information content (AvgIpc) is 2.55. The molecular weight excluding hydrogens is 328 g/mol. The van der Waals surface area contributed by atoms with E-state index in [0.717, 1.165) is 6.07 Å². The van der Waals surface area contributed by atoms with E-state index in [1.165, 1.54) is 21.9 Å². The number of halogens is 1. The first-order chi connectivity index (χ1) is 10.9. The van der Waals surface area contributed by atoms with Crippen LogP contribution in [0.5, 0.6) is 0 Å². The fourth-order valence-electron chi connectivity index (χ4n) is 2.09. The highest BCUT2D eigenvalue weighted by Crippen LogP contribution is 2.27. The molecule has 0 unspecified atom stereocenters. The molecule has 0 aliphatic carbocycles. The van der Waals surface area contributed by atoms with E-state index in [0.29, 0.717) is 19.5 Å². The van der Waals surface area contributed by atoms with Gasteiger partial charge >= 0.3 is 11.8 Å². The molecule has 0 spiro atoms. The number of nitro benzene ring substituents is 1. The summed E-state index contributed by atoms with van der Waals surface area (Å²) in [6.07, 6.45) is 0.689. The van der Waals surface area contributed by atoms with Crippen molar-refractivity contribution in [1.82, 2.24) is 9.80 Å². The van der Waals surface area contributed by atoms with Crippen molar-refractivity contribution >= 4 is 41.2 Å². The second kappa shape index (κ2) is 7.05. The van der Waals surface area contributed by atoms with E-state index in [2.05, 4.69) is 5.32 Å². The highest BCUT2D eigenvalue weighted by molar-refractivity contribution is 6.39. The second-order valence-corrected chi connectivity index (χ2v) is 5.22. The Morgan fingerprint density at radius 3 is 2.48 bits per heavy atom. The summed E-state index contributed by atoms with van der Waals surface area (Å²) in [5, 5.41) is 13.0. The van der Waals surface area contributed by atoms with Crippen LogP contribution >= 0.6 is 11.6 Å². The monoisotopic (exact) mass is 340 g/mol. The van der Waals surface area contributed by atoms with Crippen LogP contribution in [-0.4, -0.2) is 59.1 Å². The molecule has 1 heterocycles. The van der Waals surface area contributed by atoms with Gasteiger partial charge in [0.15, 0.2) is 0 Å². The number of anilines is 1. The van der Waals surface area contributed by atoms with E-state index >= 15 is 0 Å². The number of hydrogen-bond donors (Lipinski definition) is 1. The molecule has 1 aromatic rings. The summed E-state index contributed by atoms with van der Waals surface area (Å²) in [5.41, 5.74) is -0.262. The van der Waals surface area contributed by atoms with Gasteiger partial charge in [0, 0.05) is 37.9 Å². The molecular formula is C13H13ClN4O5. The molecule has 0 bridgehead atoms. The molecule has 1 fully saturated rings. The van der Waals surface area contributed by atoms with Crippen LogP contribution in [0.4, 0.5) is 11.4 Å². The van der Waals surface area contributed by atoms with E-state index in [-0.39, 0.29) is 29.5 Å². The van der Waals surface area contributed by atoms with Gasteiger partial charge in [-0.1, -0.05) is 11.6 Å². The van der Waals surface area contributed by atoms with Crippen LogP contribution in [0.25, 0.3) is 0 Å². The molecule has 1 aliphatic rings. The Hall–Kier alpha value is -2.68. The maximum absolute atomic E-state index is 12.0. The lowest BCUT2D eigenvalue weighted by atomic mass is 10.2. The average molecular weight is 341 g/mol. The van der Waals surface area contributed by atoms with E-state index in [1.54, 1.807) is 0 Å². The minimum Gasteiger partial charge on any atom is -0.342 e. The van der Waals surface area contributed by atoms with E-state index in [4.69, 9.17) is 11.6 Å². The summed E-state index contributed by atoms with van der Waals surface area (Å²) >= 11 is 5.68. The highest BCUT2D eigenvalue weighted by atomic mass is 35.5. The standard InChI is InChI=1S/C13H13ClN4O5/c14-10-2-1-9(7-11(10)18(22)23)15-12(20)13(21)17-5-3-16(8-19)4-6-17/h1-2,7-8H,3-6H2,(H,15,20). The topological polar surface area (TPSA) is 113 Å². The molecule has 1 saturated heterocycles. The normalized spacial score (nSPS) is 14.3. The van der Waals surface area contributed by atoms with Crippen LogP contribution in [0.2, 0.25) is 5.02 Å². The Labute approximate surface area is 135 Å². The second-order valence-electron chi connectivity index (χ2n) is 4.81. The van der Waals surface area contributed by atoms with Gasteiger partial charge in [-0.3, -0.25) is 24.5 Å². The molecule has 1 aromatic carbocycles. The number of rotatable bonds is 3. The molecule has 1 N–H and O–H groups in total. The zero-order valence-electron chi connectivity index (χ0n) is 11.9. The predicted octanol–water partition coefficient (Wildman–Crippen LogP) is 0.487. The van der Waals surface area contributed by atoms with Crippen LogP contribution in [0, 0.1) is 10.1 Å². The van der Waals surface area contributed by atoms with Crippen molar-refractivity contribution in [2.45, 2.75) is 0 Å². The number of carbonyl (C=O) groups excluding carboxylic acids is 3. The van der Waals surface area contributed by atoms with E-state index < -0.39 is 16.7 Å². The predicted molar refractivity (Wildman–Crippen MR) is 81.0 cm³/mol. The Balaban J connectivity index is 2.01. The third-order valence-corrected chi connectivity index (χ3v) is 3.67. The van der Waals surface area contributed by atoms with Gasteiger partial charge in [0.2, 0.25) is 6.41 Å². The van der Waals surface area contributed by atoms with Gasteiger partial charge < -0.3 is 15.1 Å². The van der Waals surface area contributed by atoms with Gasteiger partial charge in [0.1, 0.15) is 5.02 Å². The van der Waals surface area contributed by atoms with Crippen LogP contribution in [0.15, 0.2) is 18.2 Å². The smallest absolute Gasteiger partial charge is 0.313 e. The Kier molecular flexibility index (Phi) is 5.12. The van der Waals surface area contributed by atoms with Gasteiger partial charge in [0.25, 0.3) is 5.69 Å². The number of piperazine rings is 1. The van der Waals surface area contributed by atoms with Gasteiger partial charge in [0.05, 0.1) is 4.92 Å². The summed E-state index contributed by atoms with van der Waals surface area (Å²) in [6, 6.07) is 3.71. The highest BCUT2D eigenvalue weighted by Gasteiger charge is 2.26. The maximum Gasteiger partial charge on any atom is 0.313 e. The minimum absolute atomic E-state index is 0.0655. The molecule has 1 aliphatic heterocycles. The third-order valence-electron chi connectivity index (χ3n) is 3.35. The largest absolute Gasteiger partial charge is 0.342 e. The number of benzene rings is 1. The first kappa shape index (κ1) is 16.7. The van der Waals surface area contributed by atoms with Gasteiger partial charge in [-0.15, -0.1) is 0 Å². The van der Waals surface area contributed by atoms with Crippen molar-refractivity contribution in [3.05, 3.63) is 33.3 Å². The fourth-order valence-corrected chi connectivity index (χ4v) is 2.28. The SMILES string of the molecule is O=CN1CCN(C(=O)C(=O)Nc2ccc(Cl)c([N+](=O)[O-])c2)CC1. The van der Waals surface area contributed by atoms with Gasteiger partial charge in [-0.25, -0.2) is 0 Å². The molecule has 0 saturated carbocycles. The summed E-state index contributed by atoms with van der Waals surface area (Å²) in [6.45, 7) is 1.22. The zero-order valence-corrected chi connectivity index (χ0v) is 12.7. The van der Waals surface area contributed by atoms with Crippen molar-refractivity contribution in [1.29, 1.82) is 0 Å². The summed E-state index contributed by atoms with van der Waals surface area (Å²) in [7, 11) is 0. The van der Waals surface area contributed by atoms with Crippen molar-refractivity contribution in [3.8, 4) is 0 Å². The number of amides is 3. The molecule has 0 radical (unpaired) electrons. The van der Waals surface area contributed by atoms with Gasteiger partial charge in [-0.2, -0.15) is 0 Å². The summed E-state index contributed by atoms with van der Waals surface area (Å²) in [4.78, 5) is 47.5. The maximum atomic E-state index is 12.0. The van der Waals surface area contributed by atoms with Crippen molar-refractivity contribution in [2.24, 2.45) is 0 Å². The molecule has 3 amide bonds. The number of nitrogens with zero attached hydrogens (tertiary/aromatic N) is 3. The Morgan fingerprint density at radius 1 is 1.26 bits per heavy atom. The zero-order chi connectivity index (χ0) is 17.0. The van der Waals surface area contributed by atoms with Crippen LogP contribution in [0.1, 0.15) is 0 Å². The van der Waals surface area contributed by atoms with Crippen LogP contribution in [-0.2, 0) is 14.4 Å². The number of hydrogen-bond acceptors (Lipinski definition) is 5. The van der Waals surface area contributed by atoms with E-state index in [1.807, 2.05) is 0 Å². The lowest BCUT2D eigenvalue weighted by molar-refractivity contribution is -0.384. The van der Waals surface area contributed by atoms with Gasteiger partial charge in [-0.05, 0) is 12.1 Å². The van der Waals surface area contributed by atoms with Crippen molar-refractivity contribution in [2.75, 3.05) is 31.5 Å². The number of nitrogens with one attached hydrogen (secondary N) is 1. The minimum atomic E-state index is -0.902. The Morgan fingerprint density at radius 2 is 1.91 bits per heavy atom. The quantitative estimate of drug-likeness (QED) is 0.372. The third kappa shape index (κ3) is 3.95. The van der Waals surface area contributed by atoms with Crippen molar-refractivity contribution < 1.29 is 19.3 Å². The first-order valence-electron chi connectivity index (χ1n) is 6.66.